The van der Waals surface area contributed by atoms with Crippen LogP contribution in [-0.4, -0.2) is 28.0 Å². The fourth-order valence-electron chi connectivity index (χ4n) is 1.21. The Morgan fingerprint density at radius 1 is 1.59 bits per heavy atom. The lowest BCUT2D eigenvalue weighted by molar-refractivity contribution is -0.122. The smallest absolute Gasteiger partial charge is 0.347 e. The number of aryl methyl sites for hydroxylation is 1. The van der Waals surface area contributed by atoms with E-state index in [0.717, 1.165) is 11.3 Å². The number of carboxylic acids is 1. The van der Waals surface area contributed by atoms with E-state index < -0.39 is 12.0 Å². The van der Waals surface area contributed by atoms with Gasteiger partial charge < -0.3 is 16.2 Å². The first-order valence-corrected chi connectivity index (χ1v) is 6.00. The Balaban J connectivity index is 2.61. The molecule has 1 amide bonds. The molecule has 0 fully saturated rings. The molecule has 0 saturated heterocycles. The standard InChI is InChI=1S/C10H15N3O3S/c1-3-6(11)9(14)12-4-7-13-5(2)8(17-7)10(15)16/h6H,3-4,11H2,1-2H3,(H,12,14)(H,15,16)/t6-/m0/s1. The second-order valence-electron chi connectivity index (χ2n) is 3.56. The normalized spacial score (nSPS) is 12.2. The Morgan fingerprint density at radius 2 is 2.24 bits per heavy atom. The number of aromatic carboxylic acids is 1. The highest BCUT2D eigenvalue weighted by Crippen LogP contribution is 2.17. The molecule has 17 heavy (non-hydrogen) atoms. The van der Waals surface area contributed by atoms with Crippen LogP contribution < -0.4 is 11.1 Å². The molecule has 94 valence electrons. The monoisotopic (exact) mass is 257 g/mol. The number of aromatic nitrogens is 1. The summed E-state index contributed by atoms with van der Waals surface area (Å²) >= 11 is 1.06. The molecule has 1 aromatic rings. The molecule has 0 bridgehead atoms. The van der Waals surface area contributed by atoms with Gasteiger partial charge in [-0.1, -0.05) is 6.92 Å². The molecule has 0 radical (unpaired) electrons. The van der Waals surface area contributed by atoms with Gasteiger partial charge in [0.15, 0.2) is 0 Å². The lowest BCUT2D eigenvalue weighted by Gasteiger charge is -2.08. The summed E-state index contributed by atoms with van der Waals surface area (Å²) in [4.78, 5) is 26.5. The third-order valence-corrected chi connectivity index (χ3v) is 3.37. The number of carbonyl (C=O) groups excluding carboxylic acids is 1. The van der Waals surface area contributed by atoms with Crippen molar-refractivity contribution in [3.05, 3.63) is 15.6 Å². The predicted octanol–water partition coefficient (Wildman–Crippen LogP) is 0.503. The van der Waals surface area contributed by atoms with Crippen LogP contribution in [0, 0.1) is 6.92 Å². The molecule has 4 N–H and O–H groups in total. The van der Waals surface area contributed by atoms with Gasteiger partial charge in [0.1, 0.15) is 9.88 Å². The van der Waals surface area contributed by atoms with Crippen LogP contribution in [0.2, 0.25) is 0 Å². The van der Waals surface area contributed by atoms with Crippen LogP contribution in [0.5, 0.6) is 0 Å². The summed E-state index contributed by atoms with van der Waals surface area (Å²) in [6, 6.07) is -0.532. The van der Waals surface area contributed by atoms with E-state index in [0.29, 0.717) is 17.1 Å². The van der Waals surface area contributed by atoms with E-state index in [2.05, 4.69) is 10.3 Å². The summed E-state index contributed by atoms with van der Waals surface area (Å²) in [5, 5.41) is 12.0. The van der Waals surface area contributed by atoms with Gasteiger partial charge in [-0.15, -0.1) is 11.3 Å². The van der Waals surface area contributed by atoms with Crippen LogP contribution in [0.1, 0.15) is 33.7 Å². The van der Waals surface area contributed by atoms with Crippen LogP contribution in [0.3, 0.4) is 0 Å². The van der Waals surface area contributed by atoms with Crippen molar-refractivity contribution in [1.29, 1.82) is 0 Å². The second-order valence-corrected chi connectivity index (χ2v) is 4.64. The van der Waals surface area contributed by atoms with Crippen molar-refractivity contribution in [2.75, 3.05) is 0 Å². The Hall–Kier alpha value is -1.47. The number of nitrogens with zero attached hydrogens (tertiary/aromatic N) is 1. The minimum atomic E-state index is -0.997. The molecular weight excluding hydrogens is 242 g/mol. The third kappa shape index (κ3) is 3.50. The highest BCUT2D eigenvalue weighted by molar-refractivity contribution is 7.13. The zero-order valence-corrected chi connectivity index (χ0v) is 10.5. The van der Waals surface area contributed by atoms with Crippen molar-refractivity contribution < 1.29 is 14.7 Å². The number of hydrogen-bond acceptors (Lipinski definition) is 5. The maximum absolute atomic E-state index is 11.4. The Kier molecular flexibility index (Phi) is 4.59. The lowest BCUT2D eigenvalue weighted by atomic mass is 10.2. The van der Waals surface area contributed by atoms with E-state index in [4.69, 9.17) is 10.8 Å². The fourth-order valence-corrected chi connectivity index (χ4v) is 2.05. The van der Waals surface area contributed by atoms with Crippen molar-refractivity contribution in [2.24, 2.45) is 5.73 Å². The quantitative estimate of drug-likeness (QED) is 0.712. The SMILES string of the molecule is CC[C@H](N)C(=O)NCc1nc(C)c(C(=O)O)s1. The van der Waals surface area contributed by atoms with Crippen molar-refractivity contribution in [2.45, 2.75) is 32.9 Å². The van der Waals surface area contributed by atoms with Crippen LogP contribution in [0.25, 0.3) is 0 Å². The van der Waals surface area contributed by atoms with Gasteiger partial charge in [-0.25, -0.2) is 9.78 Å². The molecule has 0 saturated carbocycles. The fraction of sp³-hybridized carbons (Fsp3) is 0.500. The molecule has 0 aliphatic heterocycles. The summed E-state index contributed by atoms with van der Waals surface area (Å²) in [5.41, 5.74) is 6.01. The maximum Gasteiger partial charge on any atom is 0.347 e. The molecule has 0 aliphatic carbocycles. The van der Waals surface area contributed by atoms with Gasteiger partial charge in [0, 0.05) is 0 Å². The summed E-state index contributed by atoms with van der Waals surface area (Å²) in [5.74, 6) is -1.25. The van der Waals surface area contributed by atoms with Crippen LogP contribution in [0.15, 0.2) is 0 Å². The van der Waals surface area contributed by atoms with Gasteiger partial charge in [-0.3, -0.25) is 4.79 Å². The van der Waals surface area contributed by atoms with E-state index in [9.17, 15) is 9.59 Å². The van der Waals surface area contributed by atoms with Gasteiger partial charge in [-0.2, -0.15) is 0 Å². The number of amides is 1. The average Bonchev–Trinajstić information content (AvgIpc) is 2.66. The van der Waals surface area contributed by atoms with Gasteiger partial charge in [0.2, 0.25) is 5.91 Å². The number of nitrogens with two attached hydrogens (primary N) is 1. The minimum Gasteiger partial charge on any atom is -0.477 e. The molecule has 6 nitrogen and oxygen atoms in total. The first-order valence-electron chi connectivity index (χ1n) is 5.18. The zero-order valence-electron chi connectivity index (χ0n) is 9.69. The molecule has 1 heterocycles. The summed E-state index contributed by atoms with van der Waals surface area (Å²) in [6.45, 7) is 3.66. The average molecular weight is 257 g/mol. The molecular formula is C10H15N3O3S. The van der Waals surface area contributed by atoms with Crippen molar-refractivity contribution in [3.8, 4) is 0 Å². The Labute approximate surface area is 103 Å². The van der Waals surface area contributed by atoms with Gasteiger partial charge in [0.25, 0.3) is 0 Å². The van der Waals surface area contributed by atoms with Crippen LogP contribution in [-0.2, 0) is 11.3 Å². The maximum atomic E-state index is 11.4. The molecule has 1 aromatic heterocycles. The van der Waals surface area contributed by atoms with E-state index in [1.54, 1.807) is 6.92 Å². The van der Waals surface area contributed by atoms with Crippen molar-refractivity contribution in [3.63, 3.8) is 0 Å². The summed E-state index contributed by atoms with van der Waals surface area (Å²) in [6.07, 6.45) is 0.559. The summed E-state index contributed by atoms with van der Waals surface area (Å²) in [7, 11) is 0. The predicted molar refractivity (Wildman–Crippen MR) is 63.9 cm³/mol. The van der Waals surface area contributed by atoms with E-state index in [1.807, 2.05) is 6.92 Å². The van der Waals surface area contributed by atoms with Crippen molar-refractivity contribution >= 4 is 23.2 Å². The zero-order chi connectivity index (χ0) is 13.0. The number of thiazole rings is 1. The van der Waals surface area contributed by atoms with Crippen LogP contribution in [0.4, 0.5) is 0 Å². The highest BCUT2D eigenvalue weighted by Gasteiger charge is 2.15. The van der Waals surface area contributed by atoms with Crippen LogP contribution >= 0.6 is 11.3 Å². The molecule has 0 aromatic carbocycles. The third-order valence-electron chi connectivity index (χ3n) is 2.23. The lowest BCUT2D eigenvalue weighted by Crippen LogP contribution is -2.39. The topological polar surface area (TPSA) is 105 Å². The molecule has 0 spiro atoms. The molecule has 1 rings (SSSR count). The summed E-state index contributed by atoms with van der Waals surface area (Å²) < 4.78 is 0. The van der Waals surface area contributed by atoms with E-state index >= 15 is 0 Å². The van der Waals surface area contributed by atoms with Gasteiger partial charge >= 0.3 is 5.97 Å². The molecule has 0 unspecified atom stereocenters. The molecule has 1 atom stereocenters. The largest absolute Gasteiger partial charge is 0.477 e. The number of hydrogen-bond donors (Lipinski definition) is 3. The highest BCUT2D eigenvalue weighted by atomic mass is 32.1. The van der Waals surface area contributed by atoms with E-state index in [1.165, 1.54) is 0 Å². The first kappa shape index (κ1) is 13.6. The van der Waals surface area contributed by atoms with Gasteiger partial charge in [0.05, 0.1) is 18.3 Å². The Bertz CT molecular complexity index is 430. The molecule has 0 aliphatic rings. The first-order chi connectivity index (χ1) is 7.95. The number of rotatable bonds is 5. The van der Waals surface area contributed by atoms with Crippen molar-refractivity contribution in [1.82, 2.24) is 10.3 Å². The number of nitrogens with one attached hydrogen (secondary N) is 1. The minimum absolute atomic E-state index is 0.203. The van der Waals surface area contributed by atoms with E-state index in [-0.39, 0.29) is 17.3 Å². The van der Waals surface area contributed by atoms with Gasteiger partial charge in [-0.05, 0) is 13.3 Å². The molecule has 7 heteroatoms. The Morgan fingerprint density at radius 3 is 2.71 bits per heavy atom. The number of carbonyl (C=O) groups is 2. The second kappa shape index (κ2) is 5.74. The number of carboxylic acid groups (broad SMARTS) is 1.